The molecule has 1 aromatic carbocycles. The van der Waals surface area contributed by atoms with Crippen molar-refractivity contribution in [1.29, 1.82) is 0 Å². The highest BCUT2D eigenvalue weighted by Gasteiger charge is 2.22. The molecule has 114 valence electrons. The maximum Gasteiger partial charge on any atom is 0.274 e. The van der Waals surface area contributed by atoms with Gasteiger partial charge in [-0.15, -0.1) is 0 Å². The van der Waals surface area contributed by atoms with Gasteiger partial charge in [-0.25, -0.2) is 9.97 Å². The second-order valence-electron chi connectivity index (χ2n) is 5.19. The van der Waals surface area contributed by atoms with Crippen LogP contribution in [0, 0.1) is 6.92 Å². The average Bonchev–Trinajstić information content (AvgIpc) is 3.26. The van der Waals surface area contributed by atoms with Crippen molar-refractivity contribution in [2.75, 3.05) is 10.6 Å². The van der Waals surface area contributed by atoms with Crippen LogP contribution in [0.2, 0.25) is 10.0 Å². The van der Waals surface area contributed by atoms with Crippen molar-refractivity contribution >= 4 is 40.6 Å². The molecule has 2 aromatic rings. The Balaban J connectivity index is 1.78. The third-order valence-corrected chi connectivity index (χ3v) is 3.92. The molecule has 0 unspecified atom stereocenters. The van der Waals surface area contributed by atoms with Crippen molar-refractivity contribution in [3.8, 4) is 0 Å². The Morgan fingerprint density at radius 3 is 2.64 bits per heavy atom. The van der Waals surface area contributed by atoms with Gasteiger partial charge in [-0.3, -0.25) is 4.79 Å². The first-order valence-electron chi connectivity index (χ1n) is 6.90. The smallest absolute Gasteiger partial charge is 0.274 e. The number of rotatable bonds is 4. The van der Waals surface area contributed by atoms with E-state index in [0.29, 0.717) is 39.1 Å². The molecule has 1 amide bonds. The Hall–Kier alpha value is -1.85. The Morgan fingerprint density at radius 1 is 1.18 bits per heavy atom. The monoisotopic (exact) mass is 336 g/mol. The average molecular weight is 337 g/mol. The number of anilines is 2. The van der Waals surface area contributed by atoms with Crippen molar-refractivity contribution in [2.24, 2.45) is 0 Å². The minimum atomic E-state index is -0.317. The van der Waals surface area contributed by atoms with Crippen molar-refractivity contribution < 1.29 is 4.79 Å². The van der Waals surface area contributed by atoms with Crippen molar-refractivity contribution in [1.82, 2.24) is 9.97 Å². The Bertz CT molecular complexity index is 731. The normalized spacial score (nSPS) is 13.8. The summed E-state index contributed by atoms with van der Waals surface area (Å²) >= 11 is 11.8. The van der Waals surface area contributed by atoms with Gasteiger partial charge in [0.25, 0.3) is 5.91 Å². The van der Waals surface area contributed by atoms with Crippen LogP contribution in [0.5, 0.6) is 0 Å². The molecule has 0 aliphatic heterocycles. The molecular weight excluding hydrogens is 323 g/mol. The van der Waals surface area contributed by atoms with E-state index in [9.17, 15) is 4.79 Å². The molecule has 0 bridgehead atoms. The van der Waals surface area contributed by atoms with Crippen LogP contribution < -0.4 is 10.6 Å². The molecule has 0 atom stereocenters. The third-order valence-electron chi connectivity index (χ3n) is 3.18. The molecule has 1 heterocycles. The minimum Gasteiger partial charge on any atom is -0.367 e. The highest BCUT2D eigenvalue weighted by atomic mass is 35.5. The highest BCUT2D eigenvalue weighted by molar-refractivity contribution is 6.42. The SMILES string of the molecule is Cc1nc(NC2CC2)cc(C(=O)Nc2ccc(Cl)c(Cl)c2)n1. The lowest BCUT2D eigenvalue weighted by molar-refractivity contribution is 0.102. The third kappa shape index (κ3) is 3.67. The topological polar surface area (TPSA) is 66.9 Å². The zero-order valence-electron chi connectivity index (χ0n) is 11.9. The van der Waals surface area contributed by atoms with Crippen LogP contribution in [0.4, 0.5) is 11.5 Å². The van der Waals surface area contributed by atoms with Gasteiger partial charge in [0.1, 0.15) is 17.3 Å². The van der Waals surface area contributed by atoms with E-state index >= 15 is 0 Å². The molecule has 22 heavy (non-hydrogen) atoms. The van der Waals surface area contributed by atoms with E-state index in [0.717, 1.165) is 12.8 Å². The minimum absolute atomic E-state index is 0.307. The number of nitrogens with zero attached hydrogens (tertiary/aromatic N) is 2. The van der Waals surface area contributed by atoms with E-state index in [4.69, 9.17) is 23.2 Å². The molecule has 0 spiro atoms. The number of amides is 1. The van der Waals surface area contributed by atoms with Gasteiger partial charge < -0.3 is 10.6 Å². The fraction of sp³-hybridized carbons (Fsp3) is 0.267. The summed E-state index contributed by atoms with van der Waals surface area (Å²) in [5.74, 6) is 0.905. The van der Waals surface area contributed by atoms with Gasteiger partial charge in [0.2, 0.25) is 0 Å². The van der Waals surface area contributed by atoms with Gasteiger partial charge in [0, 0.05) is 17.8 Å². The highest BCUT2D eigenvalue weighted by Crippen LogP contribution is 2.26. The summed E-state index contributed by atoms with van der Waals surface area (Å²) in [4.78, 5) is 20.8. The Morgan fingerprint density at radius 2 is 1.95 bits per heavy atom. The first kappa shape index (κ1) is 15.1. The molecule has 1 fully saturated rings. The first-order valence-corrected chi connectivity index (χ1v) is 7.65. The molecule has 5 nitrogen and oxygen atoms in total. The molecule has 1 aromatic heterocycles. The van der Waals surface area contributed by atoms with E-state index < -0.39 is 0 Å². The number of hydrogen-bond donors (Lipinski definition) is 2. The molecule has 7 heteroatoms. The molecule has 0 saturated heterocycles. The van der Waals surface area contributed by atoms with Crippen LogP contribution >= 0.6 is 23.2 Å². The number of carbonyl (C=O) groups excluding carboxylic acids is 1. The number of nitrogens with one attached hydrogen (secondary N) is 2. The van der Waals surface area contributed by atoms with Gasteiger partial charge in [0.15, 0.2) is 0 Å². The molecular formula is C15H14Cl2N4O. The summed E-state index contributed by atoms with van der Waals surface area (Å²) in [6.45, 7) is 1.76. The molecule has 1 aliphatic rings. The first-order chi connectivity index (χ1) is 10.5. The van der Waals surface area contributed by atoms with E-state index in [2.05, 4.69) is 20.6 Å². The van der Waals surface area contributed by atoms with Crippen LogP contribution in [-0.4, -0.2) is 21.9 Å². The number of aromatic nitrogens is 2. The summed E-state index contributed by atoms with van der Waals surface area (Å²) in [5, 5.41) is 6.83. The van der Waals surface area contributed by atoms with Gasteiger partial charge in [-0.1, -0.05) is 23.2 Å². The standard InChI is InChI=1S/C15H14Cl2N4O/c1-8-18-13(7-14(19-8)20-9-2-3-9)15(22)21-10-4-5-11(16)12(17)6-10/h4-7,9H,2-3H2,1H3,(H,21,22)(H,18,19,20). The summed E-state index contributed by atoms with van der Waals surface area (Å²) in [6, 6.07) is 7.02. The quantitative estimate of drug-likeness (QED) is 0.887. The Labute approximate surface area is 138 Å². The van der Waals surface area contributed by atoms with E-state index in [1.807, 2.05) is 0 Å². The number of carbonyl (C=O) groups is 1. The van der Waals surface area contributed by atoms with Crippen molar-refractivity contribution in [2.45, 2.75) is 25.8 Å². The zero-order chi connectivity index (χ0) is 15.7. The molecule has 2 N–H and O–H groups in total. The van der Waals surface area contributed by atoms with E-state index in [1.165, 1.54) is 0 Å². The molecule has 3 rings (SSSR count). The molecule has 0 radical (unpaired) electrons. The second kappa shape index (κ2) is 6.10. The lowest BCUT2D eigenvalue weighted by Crippen LogP contribution is -2.16. The van der Waals surface area contributed by atoms with Crippen LogP contribution in [0.3, 0.4) is 0 Å². The van der Waals surface area contributed by atoms with Gasteiger partial charge in [0.05, 0.1) is 10.0 Å². The lowest BCUT2D eigenvalue weighted by atomic mass is 10.3. The summed E-state index contributed by atoms with van der Waals surface area (Å²) in [5.41, 5.74) is 0.870. The van der Waals surface area contributed by atoms with Gasteiger partial charge in [-0.05, 0) is 38.0 Å². The number of hydrogen-bond acceptors (Lipinski definition) is 4. The van der Waals surface area contributed by atoms with Gasteiger partial charge in [-0.2, -0.15) is 0 Å². The van der Waals surface area contributed by atoms with E-state index in [1.54, 1.807) is 31.2 Å². The number of aryl methyl sites for hydroxylation is 1. The lowest BCUT2D eigenvalue weighted by Gasteiger charge is -2.09. The predicted molar refractivity (Wildman–Crippen MR) is 87.8 cm³/mol. The maximum absolute atomic E-state index is 12.3. The van der Waals surface area contributed by atoms with Crippen molar-refractivity contribution in [3.05, 3.63) is 45.8 Å². The summed E-state index contributed by atoms with van der Waals surface area (Å²) in [6.07, 6.45) is 2.27. The van der Waals surface area contributed by atoms with Crippen molar-refractivity contribution in [3.63, 3.8) is 0 Å². The van der Waals surface area contributed by atoms with Crippen LogP contribution in [0.1, 0.15) is 29.2 Å². The fourth-order valence-electron chi connectivity index (χ4n) is 1.96. The summed E-state index contributed by atoms with van der Waals surface area (Å²) in [7, 11) is 0. The molecule has 1 saturated carbocycles. The maximum atomic E-state index is 12.3. The largest absolute Gasteiger partial charge is 0.367 e. The fourth-order valence-corrected chi connectivity index (χ4v) is 2.26. The van der Waals surface area contributed by atoms with Gasteiger partial charge >= 0.3 is 0 Å². The second-order valence-corrected chi connectivity index (χ2v) is 6.00. The number of benzene rings is 1. The molecule has 1 aliphatic carbocycles. The summed E-state index contributed by atoms with van der Waals surface area (Å²) < 4.78 is 0. The number of halogens is 2. The Kier molecular flexibility index (Phi) is 4.18. The van der Waals surface area contributed by atoms with Crippen LogP contribution in [-0.2, 0) is 0 Å². The van der Waals surface area contributed by atoms with Crippen LogP contribution in [0.25, 0.3) is 0 Å². The van der Waals surface area contributed by atoms with E-state index in [-0.39, 0.29) is 5.91 Å². The zero-order valence-corrected chi connectivity index (χ0v) is 13.4. The predicted octanol–water partition coefficient (Wildman–Crippen LogP) is 3.92. The van der Waals surface area contributed by atoms with Crippen LogP contribution in [0.15, 0.2) is 24.3 Å².